The Labute approximate surface area is 49.3 Å². The van der Waals surface area contributed by atoms with E-state index in [1.165, 1.54) is 6.92 Å². The summed E-state index contributed by atoms with van der Waals surface area (Å²) < 4.78 is 0. The van der Waals surface area contributed by atoms with Crippen LogP contribution in [-0.4, -0.2) is 30.0 Å². The van der Waals surface area contributed by atoms with Crippen molar-refractivity contribution in [3.63, 3.8) is 0 Å². The fourth-order valence-electron chi connectivity index (χ4n) is 0. The minimum Gasteiger partial charge on any atom is -0.394 e. The Hall–Kier alpha value is -0.160. The van der Waals surface area contributed by atoms with Crippen molar-refractivity contribution in [2.45, 2.75) is 13.0 Å². The minimum absolute atomic E-state index is 0.139. The topological polar surface area (TPSA) is 78.5 Å². The van der Waals surface area contributed by atoms with Crippen LogP contribution in [0.25, 0.3) is 0 Å². The highest BCUT2D eigenvalue weighted by molar-refractivity contribution is 4.33. The van der Waals surface area contributed by atoms with E-state index in [2.05, 4.69) is 11.3 Å². The first kappa shape index (κ1) is 10.8. The molecule has 0 heterocycles. The Morgan fingerprint density at radius 2 is 1.88 bits per heavy atom. The largest absolute Gasteiger partial charge is 0.394 e. The van der Waals surface area contributed by atoms with Gasteiger partial charge in [0.05, 0.1) is 12.7 Å². The van der Waals surface area contributed by atoms with E-state index in [9.17, 15) is 0 Å². The lowest BCUT2D eigenvalue weighted by Gasteiger charge is -1.90. The molecule has 4 nitrogen and oxygen atoms in total. The summed E-state index contributed by atoms with van der Waals surface area (Å²) in [5.41, 5.74) is 2.25. The zero-order valence-corrected chi connectivity index (χ0v) is 5.26. The maximum atomic E-state index is 8.11. The molecule has 0 fully saturated rings. The van der Waals surface area contributed by atoms with Gasteiger partial charge < -0.3 is 10.2 Å². The molecule has 0 radical (unpaired) electrons. The van der Waals surface area contributed by atoms with Crippen LogP contribution in [0.4, 0.5) is 0 Å². The van der Waals surface area contributed by atoms with E-state index in [-0.39, 0.29) is 6.61 Å². The summed E-state index contributed by atoms with van der Waals surface area (Å²) in [5.74, 6) is 4.60. The average molecular weight is 122 g/mol. The number of hydrazine groups is 1. The van der Waals surface area contributed by atoms with Crippen LogP contribution < -0.4 is 11.3 Å². The molecule has 5 N–H and O–H groups in total. The number of nitrogens with two attached hydrogens (primary N) is 1. The van der Waals surface area contributed by atoms with E-state index in [4.69, 9.17) is 10.2 Å². The van der Waals surface area contributed by atoms with Crippen molar-refractivity contribution in [3.05, 3.63) is 0 Å². The van der Waals surface area contributed by atoms with Crippen LogP contribution >= 0.6 is 0 Å². The normalized spacial score (nSPS) is 11.6. The van der Waals surface area contributed by atoms with Gasteiger partial charge in [-0.3, -0.25) is 11.3 Å². The predicted octanol–water partition coefficient (Wildman–Crippen LogP) is -1.56. The van der Waals surface area contributed by atoms with Crippen LogP contribution in [0, 0.1) is 0 Å². The molecule has 0 spiro atoms. The zero-order valence-electron chi connectivity index (χ0n) is 5.26. The molecular weight excluding hydrogens is 108 g/mol. The lowest BCUT2D eigenvalue weighted by molar-refractivity contribution is 0.110. The smallest absolute Gasteiger partial charge is 0.0742 e. The van der Waals surface area contributed by atoms with Crippen molar-refractivity contribution >= 4 is 0 Å². The summed E-state index contributed by atoms with van der Waals surface area (Å²) >= 11 is 0. The quantitative estimate of drug-likeness (QED) is 0.250. The molecule has 0 saturated carbocycles. The fourth-order valence-corrected chi connectivity index (χ4v) is 0. The second-order valence-corrected chi connectivity index (χ2v) is 1.32. The van der Waals surface area contributed by atoms with Gasteiger partial charge in [-0.2, -0.15) is 0 Å². The number of aliphatic hydroxyl groups excluding tert-OH is 2. The molecule has 0 aromatic rings. The van der Waals surface area contributed by atoms with Gasteiger partial charge in [0.1, 0.15) is 0 Å². The molecule has 8 heavy (non-hydrogen) atoms. The zero-order chi connectivity index (χ0) is 6.99. The van der Waals surface area contributed by atoms with Gasteiger partial charge in [0, 0.05) is 0 Å². The SMILES string of the molecule is CC(O)CO.CNN. The summed E-state index contributed by atoms with van der Waals surface area (Å²) in [6.07, 6.45) is -0.560. The molecule has 0 aliphatic carbocycles. The second-order valence-electron chi connectivity index (χ2n) is 1.32. The molecule has 0 aromatic carbocycles. The van der Waals surface area contributed by atoms with Gasteiger partial charge >= 0.3 is 0 Å². The van der Waals surface area contributed by atoms with Crippen molar-refractivity contribution in [1.29, 1.82) is 0 Å². The molecule has 1 atom stereocenters. The van der Waals surface area contributed by atoms with Crippen molar-refractivity contribution in [2.75, 3.05) is 13.7 Å². The van der Waals surface area contributed by atoms with Gasteiger partial charge in [-0.05, 0) is 14.0 Å². The molecule has 0 aromatic heterocycles. The Balaban J connectivity index is 0. The fraction of sp³-hybridized carbons (Fsp3) is 1.00. The summed E-state index contributed by atoms with van der Waals surface area (Å²) in [5, 5.41) is 16.0. The summed E-state index contributed by atoms with van der Waals surface area (Å²) in [7, 11) is 1.65. The van der Waals surface area contributed by atoms with Gasteiger partial charge in [0.15, 0.2) is 0 Å². The Morgan fingerprint density at radius 1 is 1.75 bits per heavy atom. The molecule has 1 unspecified atom stereocenters. The molecule has 0 amide bonds. The maximum Gasteiger partial charge on any atom is 0.0742 e. The molecule has 4 heteroatoms. The van der Waals surface area contributed by atoms with E-state index in [1.54, 1.807) is 7.05 Å². The van der Waals surface area contributed by atoms with Gasteiger partial charge in [0.2, 0.25) is 0 Å². The van der Waals surface area contributed by atoms with Crippen LogP contribution in [0.2, 0.25) is 0 Å². The molecule has 0 saturated heterocycles. The number of rotatable bonds is 1. The van der Waals surface area contributed by atoms with E-state index in [0.717, 1.165) is 0 Å². The first-order valence-electron chi connectivity index (χ1n) is 2.35. The number of hydrogen-bond acceptors (Lipinski definition) is 4. The van der Waals surface area contributed by atoms with Crippen LogP contribution in [0.15, 0.2) is 0 Å². The second kappa shape index (κ2) is 9.96. The predicted molar refractivity (Wildman–Crippen MR) is 32.0 cm³/mol. The lowest BCUT2D eigenvalue weighted by Crippen LogP contribution is -2.13. The highest BCUT2D eigenvalue weighted by atomic mass is 16.3. The van der Waals surface area contributed by atoms with Gasteiger partial charge in [0.25, 0.3) is 0 Å². The Morgan fingerprint density at radius 3 is 1.88 bits per heavy atom. The molecular formula is C4H14N2O2. The number of aliphatic hydroxyl groups is 2. The summed E-state index contributed by atoms with van der Waals surface area (Å²) in [6.45, 7) is 1.39. The average Bonchev–Trinajstić information content (AvgIpc) is 1.69. The highest BCUT2D eigenvalue weighted by Gasteiger charge is 1.83. The number of hydrogen-bond donors (Lipinski definition) is 4. The van der Waals surface area contributed by atoms with Gasteiger partial charge in [-0.1, -0.05) is 0 Å². The van der Waals surface area contributed by atoms with Crippen molar-refractivity contribution in [1.82, 2.24) is 5.43 Å². The Bertz CT molecular complexity index is 33.2. The minimum atomic E-state index is -0.560. The molecule has 0 bridgehead atoms. The van der Waals surface area contributed by atoms with Crippen LogP contribution in [0.1, 0.15) is 6.92 Å². The van der Waals surface area contributed by atoms with E-state index >= 15 is 0 Å². The van der Waals surface area contributed by atoms with E-state index < -0.39 is 6.10 Å². The first-order valence-corrected chi connectivity index (χ1v) is 2.35. The maximum absolute atomic E-state index is 8.11. The van der Waals surface area contributed by atoms with E-state index in [0.29, 0.717) is 0 Å². The highest BCUT2D eigenvalue weighted by Crippen LogP contribution is 1.68. The molecule has 0 aliphatic rings. The van der Waals surface area contributed by atoms with Crippen LogP contribution in [0.3, 0.4) is 0 Å². The third kappa shape index (κ3) is 40.4. The lowest BCUT2D eigenvalue weighted by atomic mass is 10.5. The van der Waals surface area contributed by atoms with Crippen LogP contribution in [-0.2, 0) is 0 Å². The van der Waals surface area contributed by atoms with Crippen molar-refractivity contribution in [3.8, 4) is 0 Å². The molecule has 52 valence electrons. The van der Waals surface area contributed by atoms with Gasteiger partial charge in [-0.15, -0.1) is 0 Å². The van der Waals surface area contributed by atoms with Gasteiger partial charge in [-0.25, -0.2) is 0 Å². The number of nitrogens with one attached hydrogen (secondary N) is 1. The van der Waals surface area contributed by atoms with Crippen molar-refractivity contribution in [2.24, 2.45) is 5.84 Å². The Kier molecular flexibility index (Phi) is 13.4. The molecule has 0 rings (SSSR count). The monoisotopic (exact) mass is 122 g/mol. The summed E-state index contributed by atoms with van der Waals surface area (Å²) in [6, 6.07) is 0. The third-order valence-electron chi connectivity index (χ3n) is 0.264. The third-order valence-corrected chi connectivity index (χ3v) is 0.264. The van der Waals surface area contributed by atoms with Crippen molar-refractivity contribution < 1.29 is 10.2 Å². The standard InChI is InChI=1S/C3H8O2.CH6N2/c1-3(5)2-4;1-3-2/h3-5H,2H2,1H3;3H,2H2,1H3. The molecule has 0 aliphatic heterocycles. The van der Waals surface area contributed by atoms with E-state index in [1.807, 2.05) is 0 Å². The first-order chi connectivity index (χ1) is 3.68. The van der Waals surface area contributed by atoms with Crippen LogP contribution in [0.5, 0.6) is 0 Å². The summed E-state index contributed by atoms with van der Waals surface area (Å²) in [4.78, 5) is 0.